The second-order valence-corrected chi connectivity index (χ2v) is 9.40. The topological polar surface area (TPSA) is 37.3 Å². The van der Waals surface area contributed by atoms with E-state index in [0.717, 1.165) is 22.6 Å². The van der Waals surface area contributed by atoms with E-state index >= 15 is 0 Å². The normalized spacial score (nSPS) is 12.3. The molecule has 0 bridgehead atoms. The van der Waals surface area contributed by atoms with Crippen LogP contribution in [0.2, 0.25) is 0 Å². The summed E-state index contributed by atoms with van der Waals surface area (Å²) in [6.07, 6.45) is 0.934. The van der Waals surface area contributed by atoms with E-state index in [-0.39, 0.29) is 5.41 Å². The van der Waals surface area contributed by atoms with Gasteiger partial charge in [-0.05, 0) is 53.5 Å². The predicted octanol–water partition coefficient (Wildman–Crippen LogP) is 7.39. The molecule has 4 aromatic rings. The van der Waals surface area contributed by atoms with Crippen LogP contribution in [0.3, 0.4) is 0 Å². The van der Waals surface area contributed by atoms with Crippen molar-refractivity contribution in [2.75, 3.05) is 5.75 Å². The molecule has 0 aromatic heterocycles. The molecule has 4 aromatic carbocycles. The molecule has 0 heterocycles. The smallest absolute Gasteiger partial charge is 0.310 e. The molecule has 2 nitrogen and oxygen atoms in total. The molecule has 166 valence electrons. The Morgan fingerprint density at radius 2 is 1.15 bits per heavy atom. The summed E-state index contributed by atoms with van der Waals surface area (Å²) in [6.45, 7) is 1.72. The lowest BCUT2D eigenvalue weighted by Gasteiger charge is -2.36. The highest BCUT2D eigenvalue weighted by Crippen LogP contribution is 2.43. The first-order valence-corrected chi connectivity index (χ1v) is 12.2. The zero-order valence-electron chi connectivity index (χ0n) is 18.7. The van der Waals surface area contributed by atoms with Crippen LogP contribution in [-0.2, 0) is 10.2 Å². The van der Waals surface area contributed by atoms with Crippen LogP contribution in [-0.4, -0.2) is 16.8 Å². The van der Waals surface area contributed by atoms with E-state index in [9.17, 15) is 9.90 Å². The van der Waals surface area contributed by atoms with Gasteiger partial charge in [-0.2, -0.15) is 0 Å². The van der Waals surface area contributed by atoms with Gasteiger partial charge in [-0.25, -0.2) is 0 Å². The number of benzene rings is 4. The maximum Gasteiger partial charge on any atom is 0.310 e. The van der Waals surface area contributed by atoms with Crippen molar-refractivity contribution in [2.24, 2.45) is 0 Å². The van der Waals surface area contributed by atoms with Crippen molar-refractivity contribution in [1.82, 2.24) is 0 Å². The first-order chi connectivity index (χ1) is 16.1. The van der Waals surface area contributed by atoms with Gasteiger partial charge < -0.3 is 5.11 Å². The number of carboxylic acid groups (broad SMARTS) is 1. The highest BCUT2D eigenvalue weighted by atomic mass is 32.2. The van der Waals surface area contributed by atoms with E-state index in [1.165, 1.54) is 16.7 Å². The third kappa shape index (κ3) is 5.04. The van der Waals surface area contributed by atoms with Gasteiger partial charge in [0.25, 0.3) is 0 Å². The molecule has 0 radical (unpaired) electrons. The highest BCUT2D eigenvalue weighted by molar-refractivity contribution is 7.99. The van der Waals surface area contributed by atoms with Crippen molar-refractivity contribution in [2.45, 2.75) is 29.6 Å². The molecule has 0 aliphatic heterocycles. The molecule has 3 heteroatoms. The van der Waals surface area contributed by atoms with E-state index in [1.807, 2.05) is 36.0 Å². The fraction of sp³-hybridized carbons (Fsp3) is 0.167. The zero-order valence-corrected chi connectivity index (χ0v) is 19.5. The van der Waals surface area contributed by atoms with Crippen LogP contribution < -0.4 is 0 Å². The quantitative estimate of drug-likeness (QED) is 0.212. The van der Waals surface area contributed by atoms with E-state index in [2.05, 4.69) is 91.0 Å². The molecule has 0 spiro atoms. The first kappa shape index (κ1) is 22.9. The number of thioether (sulfide) groups is 1. The Balaban J connectivity index is 1.66. The summed E-state index contributed by atoms with van der Waals surface area (Å²) < 4.78 is 0. The van der Waals surface area contributed by atoms with Crippen LogP contribution in [0.1, 0.15) is 41.5 Å². The molecule has 0 saturated heterocycles. The maximum absolute atomic E-state index is 11.3. The molecule has 0 amide bonds. The molecule has 1 unspecified atom stereocenters. The van der Waals surface area contributed by atoms with Gasteiger partial charge in [0, 0.05) is 10.3 Å². The first-order valence-electron chi connectivity index (χ1n) is 11.2. The molecule has 0 aliphatic rings. The molecule has 0 aliphatic carbocycles. The van der Waals surface area contributed by atoms with Gasteiger partial charge in [0.1, 0.15) is 0 Å². The third-order valence-electron chi connectivity index (χ3n) is 6.30. The summed E-state index contributed by atoms with van der Waals surface area (Å²) in [6, 6.07) is 40.2. The minimum atomic E-state index is -0.797. The average Bonchev–Trinajstić information content (AvgIpc) is 2.88. The molecule has 33 heavy (non-hydrogen) atoms. The fourth-order valence-electron chi connectivity index (χ4n) is 4.42. The summed E-state index contributed by atoms with van der Waals surface area (Å²) in [7, 11) is 0. The standard InChI is InChI=1S/C30H28O2S/c1-23(29(31)32)24-17-19-28(20-18-24)33-22-21-30(25-11-5-2-6-12-25,26-13-7-3-8-14-26)27-15-9-4-10-16-27/h2-20,23H,21-22H2,1H3,(H,31,32). The van der Waals surface area contributed by atoms with Crippen molar-refractivity contribution in [3.8, 4) is 0 Å². The van der Waals surface area contributed by atoms with Gasteiger partial charge >= 0.3 is 5.97 Å². The number of hydrogen-bond donors (Lipinski definition) is 1. The lowest BCUT2D eigenvalue weighted by atomic mass is 9.68. The SMILES string of the molecule is CC(C(=O)O)c1ccc(SCCC(c2ccccc2)(c2ccccc2)c2ccccc2)cc1. The number of carboxylic acids is 1. The Bertz CT molecular complexity index is 1060. The summed E-state index contributed by atoms with van der Waals surface area (Å²) in [4.78, 5) is 12.4. The lowest BCUT2D eigenvalue weighted by molar-refractivity contribution is -0.138. The minimum Gasteiger partial charge on any atom is -0.481 e. The molecule has 1 atom stereocenters. The number of carbonyl (C=O) groups is 1. The van der Waals surface area contributed by atoms with Crippen LogP contribution in [0.5, 0.6) is 0 Å². The Labute approximate surface area is 200 Å². The lowest BCUT2D eigenvalue weighted by Crippen LogP contribution is -2.30. The molecule has 4 rings (SSSR count). The van der Waals surface area contributed by atoms with Crippen molar-refractivity contribution < 1.29 is 9.90 Å². The second kappa shape index (κ2) is 10.5. The number of aliphatic carboxylic acids is 1. The number of hydrogen-bond acceptors (Lipinski definition) is 2. The predicted molar refractivity (Wildman–Crippen MR) is 137 cm³/mol. The maximum atomic E-state index is 11.3. The Morgan fingerprint density at radius 3 is 1.55 bits per heavy atom. The molecule has 0 saturated carbocycles. The van der Waals surface area contributed by atoms with E-state index < -0.39 is 11.9 Å². The van der Waals surface area contributed by atoms with Gasteiger partial charge in [0.2, 0.25) is 0 Å². The second-order valence-electron chi connectivity index (χ2n) is 8.23. The molecule has 0 fully saturated rings. The minimum absolute atomic E-state index is 0.255. The van der Waals surface area contributed by atoms with Crippen molar-refractivity contribution >= 4 is 17.7 Å². The fourth-order valence-corrected chi connectivity index (χ4v) is 5.39. The van der Waals surface area contributed by atoms with E-state index in [4.69, 9.17) is 0 Å². The van der Waals surface area contributed by atoms with Crippen molar-refractivity contribution in [3.63, 3.8) is 0 Å². The van der Waals surface area contributed by atoms with Gasteiger partial charge in [0.15, 0.2) is 0 Å². The van der Waals surface area contributed by atoms with Gasteiger partial charge in [-0.15, -0.1) is 11.8 Å². The summed E-state index contributed by atoms with van der Waals surface area (Å²) in [5.74, 6) is -0.369. The average molecular weight is 453 g/mol. The van der Waals surface area contributed by atoms with E-state index in [1.54, 1.807) is 6.92 Å². The Kier molecular flexibility index (Phi) is 7.31. The van der Waals surface area contributed by atoms with Crippen molar-refractivity contribution in [1.29, 1.82) is 0 Å². The highest BCUT2D eigenvalue weighted by Gasteiger charge is 2.35. The summed E-state index contributed by atoms with van der Waals surface area (Å²) in [5.41, 5.74) is 4.43. The largest absolute Gasteiger partial charge is 0.481 e. The van der Waals surface area contributed by atoms with Crippen LogP contribution >= 0.6 is 11.8 Å². The number of rotatable bonds is 9. The van der Waals surface area contributed by atoms with Crippen LogP contribution in [0, 0.1) is 0 Å². The molecular weight excluding hydrogens is 424 g/mol. The monoisotopic (exact) mass is 452 g/mol. The Hall–Kier alpha value is -3.30. The van der Waals surface area contributed by atoms with Crippen LogP contribution in [0.25, 0.3) is 0 Å². The molecular formula is C30H28O2S. The van der Waals surface area contributed by atoms with Crippen molar-refractivity contribution in [3.05, 3.63) is 138 Å². The van der Waals surface area contributed by atoms with E-state index in [0.29, 0.717) is 0 Å². The van der Waals surface area contributed by atoms with Gasteiger partial charge in [-0.1, -0.05) is 103 Å². The summed E-state index contributed by atoms with van der Waals surface area (Å²) in [5, 5.41) is 9.26. The van der Waals surface area contributed by atoms with Gasteiger partial charge in [-0.3, -0.25) is 4.79 Å². The summed E-state index contributed by atoms with van der Waals surface area (Å²) >= 11 is 1.81. The third-order valence-corrected chi connectivity index (χ3v) is 7.31. The van der Waals surface area contributed by atoms with Gasteiger partial charge in [0.05, 0.1) is 5.92 Å². The van der Waals surface area contributed by atoms with Crippen LogP contribution in [0.15, 0.2) is 120 Å². The molecule has 1 N–H and O–H groups in total. The van der Waals surface area contributed by atoms with Crippen LogP contribution in [0.4, 0.5) is 0 Å². The zero-order chi connectivity index (χ0) is 23.1. The Morgan fingerprint density at radius 1 is 0.727 bits per heavy atom.